The first-order chi connectivity index (χ1) is 16.0. The number of hydrogen-bond donors (Lipinski definition) is 2. The fraction of sp³-hybridized carbons (Fsp3) is 0.364. The van der Waals surface area contributed by atoms with Crippen LogP contribution in [0.1, 0.15) is 24.0 Å². The molecule has 8 nitrogen and oxygen atoms in total. The van der Waals surface area contributed by atoms with E-state index in [2.05, 4.69) is 15.4 Å². The van der Waals surface area contributed by atoms with Gasteiger partial charge >= 0.3 is 12.3 Å². The fourth-order valence-electron chi connectivity index (χ4n) is 3.55. The van der Waals surface area contributed by atoms with E-state index in [0.717, 1.165) is 28.1 Å². The van der Waals surface area contributed by atoms with Crippen molar-refractivity contribution in [2.24, 2.45) is 5.92 Å². The zero-order valence-corrected chi connectivity index (χ0v) is 19.1. The minimum Gasteiger partial charge on any atom is -0.453 e. The van der Waals surface area contributed by atoms with E-state index in [9.17, 15) is 31.2 Å². The van der Waals surface area contributed by atoms with Crippen LogP contribution in [0.15, 0.2) is 53.4 Å². The molecule has 0 spiro atoms. The van der Waals surface area contributed by atoms with Gasteiger partial charge in [-0.25, -0.2) is 13.2 Å². The second kappa shape index (κ2) is 10.4. The molecule has 0 aromatic heterocycles. The van der Waals surface area contributed by atoms with Crippen molar-refractivity contribution in [1.82, 2.24) is 9.62 Å². The van der Waals surface area contributed by atoms with Gasteiger partial charge < -0.3 is 10.1 Å². The third-order valence-corrected chi connectivity index (χ3v) is 7.37. The van der Waals surface area contributed by atoms with Crippen LogP contribution in [0.4, 0.5) is 23.7 Å². The second-order valence-electron chi connectivity index (χ2n) is 7.74. The number of piperidine rings is 1. The quantitative estimate of drug-likeness (QED) is 0.632. The molecule has 1 aliphatic rings. The Balaban J connectivity index is 1.53. The molecule has 12 heteroatoms. The molecule has 1 heterocycles. The molecule has 2 aromatic carbocycles. The van der Waals surface area contributed by atoms with E-state index in [4.69, 9.17) is 0 Å². The number of alkyl halides is 3. The molecule has 2 N–H and O–H groups in total. The van der Waals surface area contributed by atoms with Crippen molar-refractivity contribution in [3.63, 3.8) is 0 Å². The molecule has 3 rings (SSSR count). The number of carbonyl (C=O) groups is 2. The number of nitrogens with one attached hydrogen (secondary N) is 2. The molecule has 1 fully saturated rings. The van der Waals surface area contributed by atoms with Crippen LogP contribution in [0.5, 0.6) is 0 Å². The zero-order valence-electron chi connectivity index (χ0n) is 18.3. The van der Waals surface area contributed by atoms with Crippen LogP contribution >= 0.6 is 0 Å². The molecular formula is C22H24F3N3O5S. The maximum absolute atomic E-state index is 12.9. The minimum absolute atomic E-state index is 0.0323. The van der Waals surface area contributed by atoms with E-state index in [-0.39, 0.29) is 38.4 Å². The van der Waals surface area contributed by atoms with Gasteiger partial charge in [-0.05, 0) is 48.7 Å². The number of carbonyl (C=O) groups excluding carboxylic acids is 2. The van der Waals surface area contributed by atoms with Gasteiger partial charge in [-0.2, -0.15) is 17.5 Å². The molecule has 2 amide bonds. The Morgan fingerprint density at radius 3 is 2.32 bits per heavy atom. The van der Waals surface area contributed by atoms with Crippen molar-refractivity contribution in [2.75, 3.05) is 25.5 Å². The van der Waals surface area contributed by atoms with E-state index in [1.54, 1.807) is 24.3 Å². The van der Waals surface area contributed by atoms with Crippen molar-refractivity contribution in [3.05, 3.63) is 59.7 Å². The van der Waals surface area contributed by atoms with Gasteiger partial charge in [-0.3, -0.25) is 10.1 Å². The molecule has 0 bridgehead atoms. The number of halogens is 3. The number of sulfonamides is 1. The number of ether oxygens (including phenoxy) is 1. The van der Waals surface area contributed by atoms with Gasteiger partial charge in [0.25, 0.3) is 0 Å². The standard InChI is InChI=1S/C22H24F3N3O5S/c1-33-21(30)27-18-7-5-15(6-8-18)14-26-20(29)16-9-11-28(12-10-16)34(31,32)19-4-2-3-17(13-19)22(23,24)25/h2-8,13,16H,9-12,14H2,1H3,(H,26,29)(H,27,30). The average molecular weight is 500 g/mol. The number of amides is 2. The Bertz CT molecular complexity index is 1130. The Morgan fingerprint density at radius 1 is 1.09 bits per heavy atom. The predicted octanol–water partition coefficient (Wildman–Crippen LogP) is 3.60. The highest BCUT2D eigenvalue weighted by Gasteiger charge is 2.35. The number of methoxy groups -OCH3 is 1. The first-order valence-electron chi connectivity index (χ1n) is 10.4. The van der Waals surface area contributed by atoms with Crippen LogP contribution in [0.25, 0.3) is 0 Å². The van der Waals surface area contributed by atoms with Crippen LogP contribution in [0.3, 0.4) is 0 Å². The van der Waals surface area contributed by atoms with Gasteiger partial charge in [0.1, 0.15) is 0 Å². The summed E-state index contributed by atoms with van der Waals surface area (Å²) >= 11 is 0. The van der Waals surface area contributed by atoms with E-state index in [1.807, 2.05) is 0 Å². The average Bonchev–Trinajstić information content (AvgIpc) is 2.83. The third kappa shape index (κ3) is 6.26. The van der Waals surface area contributed by atoms with Crippen molar-refractivity contribution in [3.8, 4) is 0 Å². The molecular weight excluding hydrogens is 475 g/mol. The van der Waals surface area contributed by atoms with E-state index >= 15 is 0 Å². The Kier molecular flexibility index (Phi) is 7.82. The second-order valence-corrected chi connectivity index (χ2v) is 9.67. The summed E-state index contributed by atoms with van der Waals surface area (Å²) in [4.78, 5) is 23.3. The van der Waals surface area contributed by atoms with Crippen LogP contribution in [-0.4, -0.2) is 44.9 Å². The van der Waals surface area contributed by atoms with Gasteiger partial charge in [-0.15, -0.1) is 0 Å². The number of anilines is 1. The lowest BCUT2D eigenvalue weighted by Crippen LogP contribution is -2.42. The highest BCUT2D eigenvalue weighted by molar-refractivity contribution is 7.89. The number of hydrogen-bond acceptors (Lipinski definition) is 5. The molecule has 184 valence electrons. The molecule has 0 unspecified atom stereocenters. The van der Waals surface area contributed by atoms with Crippen molar-refractivity contribution in [1.29, 1.82) is 0 Å². The van der Waals surface area contributed by atoms with Crippen molar-refractivity contribution >= 4 is 27.7 Å². The monoisotopic (exact) mass is 499 g/mol. The lowest BCUT2D eigenvalue weighted by atomic mass is 9.97. The summed E-state index contributed by atoms with van der Waals surface area (Å²) in [5.41, 5.74) is 0.307. The summed E-state index contributed by atoms with van der Waals surface area (Å²) in [5.74, 6) is -0.638. The number of benzene rings is 2. The van der Waals surface area contributed by atoms with Gasteiger partial charge in [0.2, 0.25) is 15.9 Å². The van der Waals surface area contributed by atoms with Gasteiger partial charge in [0, 0.05) is 31.2 Å². The maximum Gasteiger partial charge on any atom is 0.416 e. The lowest BCUT2D eigenvalue weighted by Gasteiger charge is -2.30. The zero-order chi connectivity index (χ0) is 24.9. The van der Waals surface area contributed by atoms with Crippen LogP contribution in [0, 0.1) is 5.92 Å². The fourth-order valence-corrected chi connectivity index (χ4v) is 5.06. The van der Waals surface area contributed by atoms with Gasteiger partial charge in [0.05, 0.1) is 17.6 Å². The summed E-state index contributed by atoms with van der Waals surface area (Å²) in [6.45, 7) is 0.315. The third-order valence-electron chi connectivity index (χ3n) is 5.48. The SMILES string of the molecule is COC(=O)Nc1ccc(CNC(=O)C2CCN(S(=O)(=O)c3cccc(C(F)(F)F)c3)CC2)cc1. The molecule has 0 atom stereocenters. The van der Waals surface area contributed by atoms with Gasteiger partial charge in [-0.1, -0.05) is 18.2 Å². The predicted molar refractivity (Wildman–Crippen MR) is 117 cm³/mol. The molecule has 0 saturated carbocycles. The number of rotatable bonds is 6. The van der Waals surface area contributed by atoms with Crippen LogP contribution in [0.2, 0.25) is 0 Å². The number of nitrogens with zero attached hydrogens (tertiary/aromatic N) is 1. The molecule has 0 aliphatic carbocycles. The van der Waals surface area contributed by atoms with Crippen LogP contribution in [-0.2, 0) is 32.3 Å². The molecule has 34 heavy (non-hydrogen) atoms. The molecule has 1 saturated heterocycles. The smallest absolute Gasteiger partial charge is 0.416 e. The highest BCUT2D eigenvalue weighted by Crippen LogP contribution is 2.32. The minimum atomic E-state index is -4.64. The largest absolute Gasteiger partial charge is 0.453 e. The molecule has 2 aromatic rings. The Morgan fingerprint density at radius 2 is 1.74 bits per heavy atom. The first-order valence-corrected chi connectivity index (χ1v) is 11.8. The van der Waals surface area contributed by atoms with Crippen molar-refractivity contribution in [2.45, 2.75) is 30.5 Å². The van der Waals surface area contributed by atoms with Gasteiger partial charge in [0.15, 0.2) is 0 Å². The van der Waals surface area contributed by atoms with E-state index < -0.39 is 38.7 Å². The molecule has 1 aliphatic heterocycles. The highest BCUT2D eigenvalue weighted by atomic mass is 32.2. The van der Waals surface area contributed by atoms with E-state index in [0.29, 0.717) is 11.8 Å². The van der Waals surface area contributed by atoms with Crippen LogP contribution < -0.4 is 10.6 Å². The van der Waals surface area contributed by atoms with Crippen molar-refractivity contribution < 1.29 is 35.9 Å². The topological polar surface area (TPSA) is 105 Å². The maximum atomic E-state index is 12.9. The lowest BCUT2D eigenvalue weighted by molar-refractivity contribution is -0.137. The summed E-state index contributed by atoms with van der Waals surface area (Å²) in [7, 11) is -2.85. The Hall–Kier alpha value is -3.12. The Labute approximate surface area is 195 Å². The first kappa shape index (κ1) is 25.5. The normalized spacial score (nSPS) is 15.5. The molecule has 0 radical (unpaired) electrons. The van der Waals surface area contributed by atoms with E-state index in [1.165, 1.54) is 7.11 Å². The summed E-state index contributed by atoms with van der Waals surface area (Å²) in [5, 5.41) is 5.32. The summed E-state index contributed by atoms with van der Waals surface area (Å²) in [6, 6.07) is 10.4. The summed E-state index contributed by atoms with van der Waals surface area (Å²) in [6.07, 6.45) is -4.73. The summed E-state index contributed by atoms with van der Waals surface area (Å²) < 4.78 is 70.0.